The second-order valence-corrected chi connectivity index (χ2v) is 8.53. The Bertz CT molecular complexity index is 1260. The fraction of sp³-hybridized carbons (Fsp3) is 0.375. The maximum atomic E-state index is 13.5. The van der Waals surface area contributed by atoms with Crippen molar-refractivity contribution < 1.29 is 34.7 Å². The number of fused-ring (bicyclic) bond motifs is 2. The zero-order valence-corrected chi connectivity index (χ0v) is 18.5. The summed E-state index contributed by atoms with van der Waals surface area (Å²) in [4.78, 5) is 13.5. The largest absolute Gasteiger partial charge is 0.507 e. The number of aryl methyl sites for hydroxylation is 1. The van der Waals surface area contributed by atoms with E-state index in [-0.39, 0.29) is 70.6 Å². The van der Waals surface area contributed by atoms with Gasteiger partial charge >= 0.3 is 0 Å². The maximum Gasteiger partial charge on any atom is 0.204 e. The standard InChI is InChI=1S/C24H28O8/c1-12(11-25)5-6-13-15(26)9-18-20(21(13)28)22(29)19-14(7-8-24(2,3)30)23(31-4)16(27)10-17(19)32-18/h5,9-10,25-28,30H,6-8,11H2,1-4H3. The van der Waals surface area contributed by atoms with Crippen molar-refractivity contribution in [3.05, 3.63) is 45.1 Å². The Kier molecular flexibility index (Phi) is 6.39. The maximum absolute atomic E-state index is 13.5. The van der Waals surface area contributed by atoms with Crippen LogP contribution in [0.4, 0.5) is 0 Å². The molecule has 0 bridgehead atoms. The van der Waals surface area contributed by atoms with Crippen molar-refractivity contribution in [2.75, 3.05) is 13.7 Å². The average Bonchev–Trinajstić information content (AvgIpc) is 2.70. The van der Waals surface area contributed by atoms with E-state index in [2.05, 4.69) is 0 Å². The molecule has 1 heterocycles. The molecular weight excluding hydrogens is 416 g/mol. The van der Waals surface area contributed by atoms with Gasteiger partial charge in [-0.15, -0.1) is 0 Å². The first kappa shape index (κ1) is 23.4. The summed E-state index contributed by atoms with van der Waals surface area (Å²) in [5.74, 6) is -0.825. The number of benzene rings is 2. The van der Waals surface area contributed by atoms with E-state index in [4.69, 9.17) is 9.15 Å². The molecule has 1 aromatic heterocycles. The van der Waals surface area contributed by atoms with E-state index in [1.165, 1.54) is 19.2 Å². The zero-order valence-electron chi connectivity index (χ0n) is 18.5. The van der Waals surface area contributed by atoms with Crippen molar-refractivity contribution in [3.63, 3.8) is 0 Å². The zero-order chi connectivity index (χ0) is 23.8. The Balaban J connectivity index is 2.36. The van der Waals surface area contributed by atoms with Crippen molar-refractivity contribution in [2.24, 2.45) is 0 Å². The number of hydrogen-bond donors (Lipinski definition) is 5. The van der Waals surface area contributed by atoms with Gasteiger partial charge in [0, 0.05) is 23.3 Å². The van der Waals surface area contributed by atoms with Crippen LogP contribution in [0.15, 0.2) is 33.0 Å². The van der Waals surface area contributed by atoms with E-state index in [0.29, 0.717) is 11.1 Å². The van der Waals surface area contributed by atoms with Gasteiger partial charge in [-0.1, -0.05) is 11.6 Å². The van der Waals surface area contributed by atoms with E-state index < -0.39 is 16.8 Å². The highest BCUT2D eigenvalue weighted by Gasteiger charge is 2.24. The molecule has 5 N–H and O–H groups in total. The monoisotopic (exact) mass is 444 g/mol. The Morgan fingerprint density at radius 2 is 1.72 bits per heavy atom. The minimum atomic E-state index is -1.03. The molecule has 0 unspecified atom stereocenters. The van der Waals surface area contributed by atoms with E-state index in [9.17, 15) is 30.3 Å². The Labute approximate surface area is 184 Å². The normalized spacial score (nSPS) is 12.6. The summed E-state index contributed by atoms with van der Waals surface area (Å²) < 4.78 is 11.1. The molecule has 0 spiro atoms. The molecule has 0 radical (unpaired) electrons. The van der Waals surface area contributed by atoms with Gasteiger partial charge in [0.1, 0.15) is 28.1 Å². The number of aliphatic hydroxyl groups is 2. The molecule has 0 saturated carbocycles. The predicted octanol–water partition coefficient (Wildman–Crippen LogP) is 3.26. The van der Waals surface area contributed by atoms with Crippen LogP contribution in [0.2, 0.25) is 0 Å². The van der Waals surface area contributed by atoms with Gasteiger partial charge < -0.3 is 34.7 Å². The van der Waals surface area contributed by atoms with E-state index in [1.54, 1.807) is 26.8 Å². The number of ether oxygens (including phenoxy) is 1. The van der Waals surface area contributed by atoms with Crippen LogP contribution in [-0.4, -0.2) is 44.9 Å². The minimum Gasteiger partial charge on any atom is -0.507 e. The smallest absolute Gasteiger partial charge is 0.204 e. The van der Waals surface area contributed by atoms with Gasteiger partial charge in [0.25, 0.3) is 0 Å². The quantitative estimate of drug-likeness (QED) is 0.276. The first-order valence-electron chi connectivity index (χ1n) is 10.2. The Morgan fingerprint density at radius 1 is 1.09 bits per heavy atom. The van der Waals surface area contributed by atoms with Crippen LogP contribution in [0.5, 0.6) is 23.0 Å². The molecule has 0 aliphatic heterocycles. The van der Waals surface area contributed by atoms with Crippen molar-refractivity contribution in [2.45, 2.75) is 45.6 Å². The number of phenols is 3. The molecule has 0 amide bonds. The lowest BCUT2D eigenvalue weighted by atomic mass is 9.94. The molecule has 3 aromatic rings. The number of rotatable bonds is 7. The number of allylic oxidation sites excluding steroid dienone is 1. The van der Waals surface area contributed by atoms with Gasteiger partial charge in [0.15, 0.2) is 11.5 Å². The van der Waals surface area contributed by atoms with Crippen LogP contribution in [0.1, 0.15) is 38.3 Å². The molecule has 172 valence electrons. The minimum absolute atomic E-state index is 0.0397. The number of phenolic OH excluding ortho intramolecular Hbond substituents is 3. The van der Waals surface area contributed by atoms with E-state index >= 15 is 0 Å². The summed E-state index contributed by atoms with van der Waals surface area (Å²) in [7, 11) is 1.36. The van der Waals surface area contributed by atoms with Gasteiger partial charge in [-0.05, 0) is 40.0 Å². The third-order valence-corrected chi connectivity index (χ3v) is 5.44. The van der Waals surface area contributed by atoms with E-state index in [1.807, 2.05) is 0 Å². The van der Waals surface area contributed by atoms with Gasteiger partial charge in [-0.3, -0.25) is 4.79 Å². The third-order valence-electron chi connectivity index (χ3n) is 5.44. The lowest BCUT2D eigenvalue weighted by Crippen LogP contribution is -2.20. The second kappa shape index (κ2) is 8.72. The molecule has 0 aliphatic carbocycles. The second-order valence-electron chi connectivity index (χ2n) is 8.53. The summed E-state index contributed by atoms with van der Waals surface area (Å²) in [6.45, 7) is 4.79. The number of aromatic hydroxyl groups is 3. The van der Waals surface area contributed by atoms with Crippen molar-refractivity contribution in [3.8, 4) is 23.0 Å². The highest BCUT2D eigenvalue weighted by molar-refractivity contribution is 5.97. The molecule has 0 fully saturated rings. The third kappa shape index (κ3) is 4.37. The average molecular weight is 444 g/mol. The Hall–Kier alpha value is -3.23. The summed E-state index contributed by atoms with van der Waals surface area (Å²) >= 11 is 0. The molecule has 0 aliphatic rings. The van der Waals surface area contributed by atoms with Crippen LogP contribution in [-0.2, 0) is 12.8 Å². The van der Waals surface area contributed by atoms with Crippen molar-refractivity contribution in [1.29, 1.82) is 0 Å². The van der Waals surface area contributed by atoms with Crippen molar-refractivity contribution in [1.82, 2.24) is 0 Å². The molecule has 0 saturated heterocycles. The summed E-state index contributed by atoms with van der Waals surface area (Å²) in [5, 5.41) is 51.0. The van der Waals surface area contributed by atoms with Crippen LogP contribution in [0.25, 0.3) is 21.9 Å². The Morgan fingerprint density at radius 3 is 2.31 bits per heavy atom. The van der Waals surface area contributed by atoms with Crippen LogP contribution >= 0.6 is 0 Å². The number of hydrogen-bond acceptors (Lipinski definition) is 8. The van der Waals surface area contributed by atoms with Gasteiger partial charge in [-0.2, -0.15) is 0 Å². The van der Waals surface area contributed by atoms with Crippen LogP contribution < -0.4 is 10.2 Å². The topological polar surface area (TPSA) is 141 Å². The molecule has 32 heavy (non-hydrogen) atoms. The van der Waals surface area contributed by atoms with Crippen molar-refractivity contribution >= 4 is 21.9 Å². The molecule has 8 heteroatoms. The number of methoxy groups -OCH3 is 1. The molecule has 0 atom stereocenters. The van der Waals surface area contributed by atoms with Crippen LogP contribution in [0, 0.1) is 0 Å². The van der Waals surface area contributed by atoms with Crippen LogP contribution in [0.3, 0.4) is 0 Å². The molecular formula is C24H28O8. The van der Waals surface area contributed by atoms with E-state index in [0.717, 1.165) is 0 Å². The SMILES string of the molecule is COc1c(O)cc2oc3cc(O)c(CC=C(C)CO)c(O)c3c(=O)c2c1CCC(C)(C)O. The highest BCUT2D eigenvalue weighted by Crippen LogP contribution is 2.41. The lowest BCUT2D eigenvalue weighted by Gasteiger charge is -2.19. The summed E-state index contributed by atoms with van der Waals surface area (Å²) in [5.41, 5.74) is -0.435. The first-order valence-corrected chi connectivity index (χ1v) is 10.2. The number of aliphatic hydroxyl groups excluding tert-OH is 1. The molecule has 8 nitrogen and oxygen atoms in total. The first-order chi connectivity index (χ1) is 15.0. The highest BCUT2D eigenvalue weighted by atomic mass is 16.5. The van der Waals surface area contributed by atoms with Gasteiger partial charge in [-0.25, -0.2) is 0 Å². The lowest BCUT2D eigenvalue weighted by molar-refractivity contribution is 0.0713. The molecule has 3 rings (SSSR count). The summed E-state index contributed by atoms with van der Waals surface area (Å²) in [6.07, 6.45) is 2.22. The molecule has 2 aromatic carbocycles. The summed E-state index contributed by atoms with van der Waals surface area (Å²) in [6, 6.07) is 2.49. The fourth-order valence-electron chi connectivity index (χ4n) is 3.66. The predicted molar refractivity (Wildman–Crippen MR) is 121 cm³/mol. The fourth-order valence-corrected chi connectivity index (χ4v) is 3.66. The van der Waals surface area contributed by atoms with Gasteiger partial charge in [0.05, 0.1) is 24.7 Å². The van der Waals surface area contributed by atoms with Gasteiger partial charge in [0.2, 0.25) is 5.43 Å².